The van der Waals surface area contributed by atoms with Crippen LogP contribution in [0.4, 0.5) is 0 Å². The molecule has 3 aromatic rings. The molecule has 29 heavy (non-hydrogen) atoms. The van der Waals surface area contributed by atoms with Crippen LogP contribution in [0.25, 0.3) is 0 Å². The molecule has 6 heteroatoms. The number of carbonyl (C=O) groups excluding carboxylic acids is 1. The molecule has 0 unspecified atom stereocenters. The van der Waals surface area contributed by atoms with Gasteiger partial charge in [0, 0.05) is 7.05 Å². The molecule has 0 radical (unpaired) electrons. The first-order valence-electron chi connectivity index (χ1n) is 9.54. The highest BCUT2D eigenvalue weighted by atomic mass is 16.5. The molecule has 0 aliphatic carbocycles. The van der Waals surface area contributed by atoms with Crippen LogP contribution in [0.5, 0.6) is 11.5 Å². The van der Waals surface area contributed by atoms with Gasteiger partial charge in [0.15, 0.2) is 0 Å². The summed E-state index contributed by atoms with van der Waals surface area (Å²) in [6, 6.07) is 15.1. The summed E-state index contributed by atoms with van der Waals surface area (Å²) in [7, 11) is 1.76. The second-order valence-corrected chi connectivity index (χ2v) is 6.98. The Morgan fingerprint density at radius 3 is 2.45 bits per heavy atom. The van der Waals surface area contributed by atoms with Gasteiger partial charge in [0.25, 0.3) is 5.91 Å². The summed E-state index contributed by atoms with van der Waals surface area (Å²) in [5, 5.41) is 3.93. The van der Waals surface area contributed by atoms with Crippen molar-refractivity contribution in [3.05, 3.63) is 76.7 Å². The molecule has 6 nitrogen and oxygen atoms in total. The zero-order chi connectivity index (χ0) is 20.8. The minimum Gasteiger partial charge on any atom is -0.492 e. The lowest BCUT2D eigenvalue weighted by Gasteiger charge is -2.19. The quantitative estimate of drug-likeness (QED) is 0.569. The van der Waals surface area contributed by atoms with Crippen molar-refractivity contribution in [3.8, 4) is 11.5 Å². The molecule has 1 aromatic heterocycles. The number of rotatable bonds is 8. The van der Waals surface area contributed by atoms with E-state index in [1.165, 1.54) is 5.56 Å². The molecule has 0 aliphatic rings. The first-order valence-corrected chi connectivity index (χ1v) is 9.54. The van der Waals surface area contributed by atoms with Crippen molar-refractivity contribution in [2.45, 2.75) is 27.4 Å². The summed E-state index contributed by atoms with van der Waals surface area (Å²) in [5.74, 6) is 1.92. The fourth-order valence-electron chi connectivity index (χ4n) is 2.87. The van der Waals surface area contributed by atoms with Gasteiger partial charge in [0.1, 0.15) is 30.5 Å². The number of hydrogen-bond acceptors (Lipinski definition) is 5. The van der Waals surface area contributed by atoms with E-state index in [2.05, 4.69) is 5.16 Å². The van der Waals surface area contributed by atoms with E-state index in [4.69, 9.17) is 14.0 Å². The predicted molar refractivity (Wildman–Crippen MR) is 110 cm³/mol. The molecule has 0 atom stereocenters. The number of para-hydroxylation sites is 1. The molecule has 0 N–H and O–H groups in total. The van der Waals surface area contributed by atoms with Crippen LogP contribution in [0, 0.1) is 20.8 Å². The smallest absolute Gasteiger partial charge is 0.257 e. The van der Waals surface area contributed by atoms with Gasteiger partial charge in [0.2, 0.25) is 0 Å². The highest BCUT2D eigenvalue weighted by Crippen LogP contribution is 2.22. The third-order valence-corrected chi connectivity index (χ3v) is 4.73. The molecule has 0 saturated heterocycles. The number of hydrogen-bond donors (Lipinski definition) is 0. The number of nitrogens with zero attached hydrogens (tertiary/aromatic N) is 2. The van der Waals surface area contributed by atoms with E-state index >= 15 is 0 Å². The normalized spacial score (nSPS) is 10.6. The van der Waals surface area contributed by atoms with Crippen molar-refractivity contribution in [2.24, 2.45) is 0 Å². The fourth-order valence-corrected chi connectivity index (χ4v) is 2.87. The lowest BCUT2D eigenvalue weighted by Crippen LogP contribution is -2.31. The molecule has 0 fully saturated rings. The monoisotopic (exact) mass is 394 g/mol. The molecule has 1 heterocycles. The van der Waals surface area contributed by atoms with Gasteiger partial charge in [-0.15, -0.1) is 0 Å². The van der Waals surface area contributed by atoms with Gasteiger partial charge in [-0.1, -0.05) is 35.0 Å². The second kappa shape index (κ2) is 9.28. The summed E-state index contributed by atoms with van der Waals surface area (Å²) >= 11 is 0. The number of carbonyl (C=O) groups is 1. The van der Waals surface area contributed by atoms with Crippen LogP contribution in [0.3, 0.4) is 0 Å². The molecule has 0 spiro atoms. The number of aryl methyl sites for hydroxylation is 3. The van der Waals surface area contributed by atoms with E-state index < -0.39 is 0 Å². The van der Waals surface area contributed by atoms with Crippen molar-refractivity contribution in [2.75, 3.05) is 20.2 Å². The first-order chi connectivity index (χ1) is 14.0. The standard InChI is InChI=1S/C23H26N2O4/c1-16-9-11-19(12-10-16)27-14-13-25(4)23(26)20-7-5-6-8-22(20)28-15-21-17(2)24-29-18(21)3/h5-12H,13-15H2,1-4H3. The lowest BCUT2D eigenvalue weighted by atomic mass is 10.1. The van der Waals surface area contributed by atoms with Gasteiger partial charge in [-0.3, -0.25) is 4.79 Å². The Balaban J connectivity index is 1.60. The maximum atomic E-state index is 12.9. The van der Waals surface area contributed by atoms with E-state index in [0.717, 1.165) is 22.8 Å². The first kappa shape index (κ1) is 20.5. The van der Waals surface area contributed by atoms with Crippen molar-refractivity contribution < 1.29 is 18.8 Å². The van der Waals surface area contributed by atoms with Crippen molar-refractivity contribution in [1.82, 2.24) is 10.1 Å². The SMILES string of the molecule is Cc1ccc(OCCN(C)C(=O)c2ccccc2OCc2c(C)noc2C)cc1. The maximum absolute atomic E-state index is 12.9. The van der Waals surface area contributed by atoms with Crippen LogP contribution in [-0.2, 0) is 6.61 Å². The molecular formula is C23H26N2O4. The largest absolute Gasteiger partial charge is 0.492 e. The minimum absolute atomic E-state index is 0.119. The highest BCUT2D eigenvalue weighted by molar-refractivity contribution is 5.96. The van der Waals surface area contributed by atoms with Gasteiger partial charge in [0.05, 0.1) is 23.4 Å². The highest BCUT2D eigenvalue weighted by Gasteiger charge is 2.18. The van der Waals surface area contributed by atoms with Crippen molar-refractivity contribution >= 4 is 5.91 Å². The van der Waals surface area contributed by atoms with E-state index in [1.54, 1.807) is 24.1 Å². The Kier molecular flexibility index (Phi) is 6.54. The molecular weight excluding hydrogens is 368 g/mol. The number of amides is 1. The van der Waals surface area contributed by atoms with E-state index in [0.29, 0.717) is 31.1 Å². The lowest BCUT2D eigenvalue weighted by molar-refractivity contribution is 0.0769. The maximum Gasteiger partial charge on any atom is 0.257 e. The van der Waals surface area contributed by atoms with Gasteiger partial charge >= 0.3 is 0 Å². The zero-order valence-electron chi connectivity index (χ0n) is 17.3. The third kappa shape index (κ3) is 5.16. The zero-order valence-corrected chi connectivity index (χ0v) is 17.3. The fraction of sp³-hybridized carbons (Fsp3) is 0.304. The van der Waals surface area contributed by atoms with E-state index in [1.807, 2.05) is 57.2 Å². The summed E-state index contributed by atoms with van der Waals surface area (Å²) < 4.78 is 16.8. The Bertz CT molecular complexity index is 944. The van der Waals surface area contributed by atoms with Gasteiger partial charge in [-0.2, -0.15) is 0 Å². The average Bonchev–Trinajstić information content (AvgIpc) is 3.05. The Labute approximate surface area is 171 Å². The topological polar surface area (TPSA) is 64.8 Å². The van der Waals surface area contributed by atoms with Crippen LogP contribution in [-0.4, -0.2) is 36.2 Å². The van der Waals surface area contributed by atoms with Gasteiger partial charge < -0.3 is 18.9 Å². The summed E-state index contributed by atoms with van der Waals surface area (Å²) in [5.41, 5.74) is 3.37. The molecule has 0 bridgehead atoms. The van der Waals surface area contributed by atoms with Crippen molar-refractivity contribution in [3.63, 3.8) is 0 Å². The van der Waals surface area contributed by atoms with Crippen LogP contribution in [0.1, 0.15) is 32.9 Å². The van der Waals surface area contributed by atoms with E-state index in [9.17, 15) is 4.79 Å². The summed E-state index contributed by atoms with van der Waals surface area (Å²) in [6.07, 6.45) is 0. The van der Waals surface area contributed by atoms with Crippen LogP contribution in [0.15, 0.2) is 53.1 Å². The summed E-state index contributed by atoms with van der Waals surface area (Å²) in [4.78, 5) is 14.5. The minimum atomic E-state index is -0.119. The number of likely N-dealkylation sites (N-methyl/N-ethyl adjacent to an activating group) is 1. The average molecular weight is 394 g/mol. The number of ether oxygens (including phenoxy) is 2. The third-order valence-electron chi connectivity index (χ3n) is 4.73. The molecule has 0 aliphatic heterocycles. The second-order valence-electron chi connectivity index (χ2n) is 6.98. The Morgan fingerprint density at radius 2 is 1.76 bits per heavy atom. The van der Waals surface area contributed by atoms with Crippen LogP contribution in [0.2, 0.25) is 0 Å². The molecule has 1 amide bonds. The molecule has 152 valence electrons. The number of benzene rings is 2. The molecule has 0 saturated carbocycles. The Morgan fingerprint density at radius 1 is 1.03 bits per heavy atom. The molecule has 3 rings (SSSR count). The van der Waals surface area contributed by atoms with E-state index in [-0.39, 0.29) is 5.91 Å². The van der Waals surface area contributed by atoms with Gasteiger partial charge in [-0.05, 0) is 45.0 Å². The summed E-state index contributed by atoms with van der Waals surface area (Å²) in [6.45, 7) is 6.91. The van der Waals surface area contributed by atoms with Crippen LogP contribution < -0.4 is 9.47 Å². The van der Waals surface area contributed by atoms with Gasteiger partial charge in [-0.25, -0.2) is 0 Å². The number of aromatic nitrogens is 1. The van der Waals surface area contributed by atoms with Crippen molar-refractivity contribution in [1.29, 1.82) is 0 Å². The van der Waals surface area contributed by atoms with Crippen LogP contribution >= 0.6 is 0 Å². The Hall–Kier alpha value is -3.28. The molecule has 2 aromatic carbocycles. The predicted octanol–water partition coefficient (Wildman–Crippen LogP) is 4.33.